The fourth-order valence-corrected chi connectivity index (χ4v) is 1.85. The lowest BCUT2D eigenvalue weighted by atomic mass is 10.1. The van der Waals surface area contributed by atoms with Crippen molar-refractivity contribution in [3.05, 3.63) is 27.8 Å². The molecule has 0 heterocycles. The van der Waals surface area contributed by atoms with Crippen molar-refractivity contribution in [2.24, 2.45) is 0 Å². The van der Waals surface area contributed by atoms with E-state index in [0.717, 1.165) is 12.1 Å². The number of methoxy groups -OCH3 is 2. The van der Waals surface area contributed by atoms with Crippen LogP contribution in [0.3, 0.4) is 0 Å². The predicted molar refractivity (Wildman–Crippen MR) is 84.4 cm³/mol. The number of hydrogen-bond acceptors (Lipinski definition) is 7. The van der Waals surface area contributed by atoms with E-state index in [2.05, 4.69) is 5.32 Å². The first-order chi connectivity index (χ1) is 11.1. The third-order valence-corrected chi connectivity index (χ3v) is 2.77. The fourth-order valence-electron chi connectivity index (χ4n) is 1.85. The van der Waals surface area contributed by atoms with Gasteiger partial charge in [0.25, 0.3) is 11.6 Å². The van der Waals surface area contributed by atoms with E-state index >= 15 is 0 Å². The molecule has 0 spiro atoms. The monoisotopic (exact) mass is 340 g/mol. The summed E-state index contributed by atoms with van der Waals surface area (Å²) in [6, 6.07) is 2.20. The lowest BCUT2D eigenvalue weighted by molar-refractivity contribution is -0.385. The molecule has 1 rings (SSSR count). The van der Waals surface area contributed by atoms with Crippen LogP contribution in [0.5, 0.6) is 11.5 Å². The van der Waals surface area contributed by atoms with E-state index < -0.39 is 34.6 Å². The number of nitrogens with one attached hydrogen (secondary N) is 1. The molecule has 0 bridgehead atoms. The second-order valence-electron chi connectivity index (χ2n) is 5.86. The van der Waals surface area contributed by atoms with Gasteiger partial charge in [0, 0.05) is 11.6 Å². The second-order valence-corrected chi connectivity index (χ2v) is 5.86. The van der Waals surface area contributed by atoms with E-state index in [9.17, 15) is 19.7 Å². The van der Waals surface area contributed by atoms with Crippen LogP contribution in [0, 0.1) is 10.1 Å². The summed E-state index contributed by atoms with van der Waals surface area (Å²) >= 11 is 0. The van der Waals surface area contributed by atoms with Crippen molar-refractivity contribution in [2.45, 2.75) is 26.3 Å². The molecule has 9 heteroatoms. The molecule has 132 valence electrons. The van der Waals surface area contributed by atoms with Gasteiger partial charge in [-0.05, 0) is 20.8 Å². The average Bonchev–Trinajstić information content (AvgIpc) is 2.49. The van der Waals surface area contributed by atoms with E-state index in [1.165, 1.54) is 14.2 Å². The van der Waals surface area contributed by atoms with Crippen LogP contribution < -0.4 is 14.8 Å². The molecule has 0 aliphatic rings. The Hall–Kier alpha value is -2.84. The van der Waals surface area contributed by atoms with Gasteiger partial charge >= 0.3 is 5.97 Å². The van der Waals surface area contributed by atoms with Gasteiger partial charge in [0.05, 0.1) is 25.2 Å². The Morgan fingerprint density at radius 2 is 1.71 bits per heavy atom. The van der Waals surface area contributed by atoms with Crippen LogP contribution >= 0.6 is 0 Å². The zero-order valence-electron chi connectivity index (χ0n) is 14.2. The van der Waals surface area contributed by atoms with Crippen LogP contribution in [0.2, 0.25) is 0 Å². The summed E-state index contributed by atoms with van der Waals surface area (Å²) in [5.74, 6) is -1.29. The number of rotatable bonds is 6. The lowest BCUT2D eigenvalue weighted by Crippen LogP contribution is -2.42. The Bertz CT molecular complexity index is 650. The van der Waals surface area contributed by atoms with E-state index in [-0.39, 0.29) is 17.1 Å². The number of amides is 1. The van der Waals surface area contributed by atoms with Gasteiger partial charge < -0.3 is 19.5 Å². The lowest BCUT2D eigenvalue weighted by Gasteiger charge is -2.20. The quantitative estimate of drug-likeness (QED) is 0.475. The van der Waals surface area contributed by atoms with Gasteiger partial charge in [0.1, 0.15) is 5.56 Å². The molecular formula is C15H20N2O7. The highest BCUT2D eigenvalue weighted by molar-refractivity contribution is 5.96. The maximum atomic E-state index is 12.1. The Morgan fingerprint density at radius 1 is 1.17 bits per heavy atom. The maximum Gasteiger partial charge on any atom is 0.345 e. The first kappa shape index (κ1) is 19.2. The third kappa shape index (κ3) is 5.11. The summed E-state index contributed by atoms with van der Waals surface area (Å²) in [6.07, 6.45) is 0. The number of nitrogens with zero attached hydrogens (tertiary/aromatic N) is 1. The molecule has 0 radical (unpaired) electrons. The zero-order chi connectivity index (χ0) is 18.5. The Kier molecular flexibility index (Phi) is 6.10. The Balaban J connectivity index is 3.01. The second kappa shape index (κ2) is 7.62. The van der Waals surface area contributed by atoms with E-state index in [1.54, 1.807) is 20.8 Å². The molecule has 0 aliphatic heterocycles. The summed E-state index contributed by atoms with van der Waals surface area (Å²) in [4.78, 5) is 34.2. The Labute approximate surface area is 139 Å². The van der Waals surface area contributed by atoms with Gasteiger partial charge in [-0.3, -0.25) is 14.9 Å². The molecule has 0 saturated carbocycles. The number of nitro groups is 1. The van der Waals surface area contributed by atoms with Crippen LogP contribution in [0.15, 0.2) is 12.1 Å². The number of carbonyl (C=O) groups excluding carboxylic acids is 2. The fraction of sp³-hybridized carbons (Fsp3) is 0.467. The summed E-state index contributed by atoms with van der Waals surface area (Å²) < 4.78 is 14.8. The molecule has 0 saturated heterocycles. The van der Waals surface area contributed by atoms with E-state index in [1.807, 2.05) is 0 Å². The molecule has 1 aromatic carbocycles. The number of benzene rings is 1. The standard InChI is InChI=1S/C15H20N2O7/c1-15(2,3)16-13(18)8-24-14(19)9-6-11(22-4)12(23-5)7-10(9)17(20)21/h6-7H,8H2,1-5H3,(H,16,18). The van der Waals surface area contributed by atoms with Gasteiger partial charge in [-0.1, -0.05) is 0 Å². The number of esters is 1. The maximum absolute atomic E-state index is 12.1. The molecule has 9 nitrogen and oxygen atoms in total. The Morgan fingerprint density at radius 3 is 2.17 bits per heavy atom. The average molecular weight is 340 g/mol. The van der Waals surface area contributed by atoms with Crippen LogP contribution in [0.25, 0.3) is 0 Å². The first-order valence-electron chi connectivity index (χ1n) is 6.97. The molecule has 0 fully saturated rings. The van der Waals surface area contributed by atoms with Gasteiger partial charge in [-0.25, -0.2) is 4.79 Å². The molecule has 0 aromatic heterocycles. The van der Waals surface area contributed by atoms with Crippen LogP contribution in [-0.4, -0.2) is 43.2 Å². The van der Waals surface area contributed by atoms with Gasteiger partial charge in [0.2, 0.25) is 0 Å². The topological polar surface area (TPSA) is 117 Å². The van der Waals surface area contributed by atoms with E-state index in [0.29, 0.717) is 0 Å². The summed E-state index contributed by atoms with van der Waals surface area (Å²) in [6.45, 7) is 4.76. The zero-order valence-corrected chi connectivity index (χ0v) is 14.2. The van der Waals surface area contributed by atoms with Crippen molar-refractivity contribution in [3.8, 4) is 11.5 Å². The largest absolute Gasteiger partial charge is 0.493 e. The number of hydrogen-bond donors (Lipinski definition) is 1. The SMILES string of the molecule is COc1cc(C(=O)OCC(=O)NC(C)(C)C)c([N+](=O)[O-])cc1OC. The normalized spacial score (nSPS) is 10.7. The van der Waals surface area contributed by atoms with Gasteiger partial charge in [-0.15, -0.1) is 0 Å². The summed E-state index contributed by atoms with van der Waals surface area (Å²) in [7, 11) is 2.64. The van der Waals surface area contributed by atoms with Crippen molar-refractivity contribution in [2.75, 3.05) is 20.8 Å². The molecular weight excluding hydrogens is 320 g/mol. The van der Waals surface area contributed by atoms with Gasteiger partial charge in [0.15, 0.2) is 18.1 Å². The van der Waals surface area contributed by atoms with Crippen LogP contribution in [0.4, 0.5) is 5.69 Å². The molecule has 0 atom stereocenters. The molecule has 0 aliphatic carbocycles. The molecule has 1 N–H and O–H groups in total. The van der Waals surface area contributed by atoms with Crippen molar-refractivity contribution in [3.63, 3.8) is 0 Å². The van der Waals surface area contributed by atoms with Crippen LogP contribution in [-0.2, 0) is 9.53 Å². The molecule has 0 unspecified atom stereocenters. The minimum Gasteiger partial charge on any atom is -0.493 e. The van der Waals surface area contributed by atoms with Crippen molar-refractivity contribution in [1.82, 2.24) is 5.32 Å². The molecule has 1 amide bonds. The van der Waals surface area contributed by atoms with Crippen molar-refractivity contribution < 1.29 is 28.7 Å². The first-order valence-corrected chi connectivity index (χ1v) is 6.97. The minimum absolute atomic E-state index is 0.103. The number of carbonyl (C=O) groups is 2. The molecule has 24 heavy (non-hydrogen) atoms. The number of ether oxygens (including phenoxy) is 3. The highest BCUT2D eigenvalue weighted by Gasteiger charge is 2.26. The highest BCUT2D eigenvalue weighted by Crippen LogP contribution is 2.34. The smallest absolute Gasteiger partial charge is 0.345 e. The van der Waals surface area contributed by atoms with Gasteiger partial charge in [-0.2, -0.15) is 0 Å². The third-order valence-electron chi connectivity index (χ3n) is 2.77. The van der Waals surface area contributed by atoms with E-state index in [4.69, 9.17) is 14.2 Å². The minimum atomic E-state index is -1.01. The highest BCUT2D eigenvalue weighted by atomic mass is 16.6. The van der Waals surface area contributed by atoms with Crippen molar-refractivity contribution in [1.29, 1.82) is 0 Å². The summed E-state index contributed by atoms with van der Waals surface area (Å²) in [5, 5.41) is 13.8. The summed E-state index contributed by atoms with van der Waals surface area (Å²) in [5.41, 5.74) is -1.33. The number of nitro benzene ring substituents is 1. The van der Waals surface area contributed by atoms with Crippen molar-refractivity contribution >= 4 is 17.6 Å². The predicted octanol–water partition coefficient (Wildman–Crippen LogP) is 1.68. The van der Waals surface area contributed by atoms with Crippen LogP contribution in [0.1, 0.15) is 31.1 Å². The molecule has 1 aromatic rings.